The minimum atomic E-state index is -4.45. The molecule has 0 unspecified atom stereocenters. The van der Waals surface area contributed by atoms with E-state index in [9.17, 15) is 18.0 Å². The number of carbonyl (C=O) groups excluding carboxylic acids is 1. The highest BCUT2D eigenvalue weighted by molar-refractivity contribution is 6.04. The van der Waals surface area contributed by atoms with Gasteiger partial charge in [0.1, 0.15) is 0 Å². The summed E-state index contributed by atoms with van der Waals surface area (Å²) in [5, 5.41) is 11.6. The third kappa shape index (κ3) is 5.26. The number of nitrogens with zero attached hydrogens (tertiary/aromatic N) is 1. The van der Waals surface area contributed by atoms with E-state index in [0.717, 1.165) is 6.20 Å². The monoisotopic (exact) mass is 326 g/mol. The molecule has 1 heterocycles. The number of ether oxygens (including phenoxy) is 1. The van der Waals surface area contributed by atoms with Crippen molar-refractivity contribution in [3.05, 3.63) is 53.7 Å². The van der Waals surface area contributed by atoms with Crippen LogP contribution in [0.1, 0.15) is 15.9 Å². The molecule has 0 saturated heterocycles. The molecule has 0 spiro atoms. The number of amides is 1. The van der Waals surface area contributed by atoms with Crippen molar-refractivity contribution in [1.29, 1.82) is 0 Å². The number of anilines is 1. The van der Waals surface area contributed by atoms with Crippen molar-refractivity contribution in [2.75, 3.05) is 11.9 Å². The number of aliphatic hydroxyl groups is 1. The first-order valence-electron chi connectivity index (χ1n) is 6.54. The van der Waals surface area contributed by atoms with Crippen molar-refractivity contribution >= 4 is 11.6 Å². The molecule has 1 aromatic heterocycles. The van der Waals surface area contributed by atoms with Crippen LogP contribution in [0.5, 0.6) is 5.88 Å². The minimum Gasteiger partial charge on any atom is -0.468 e. The van der Waals surface area contributed by atoms with Crippen molar-refractivity contribution in [2.24, 2.45) is 0 Å². The molecule has 0 radical (unpaired) electrons. The van der Waals surface area contributed by atoms with Crippen LogP contribution in [0.4, 0.5) is 18.9 Å². The molecule has 2 N–H and O–H groups in total. The molecule has 0 aliphatic rings. The van der Waals surface area contributed by atoms with E-state index >= 15 is 0 Å². The summed E-state index contributed by atoms with van der Waals surface area (Å²) < 4.78 is 40.5. The molecular formula is C15H13F3N2O3. The van der Waals surface area contributed by atoms with Crippen LogP contribution in [0.15, 0.2) is 42.6 Å². The van der Waals surface area contributed by atoms with Gasteiger partial charge in [-0.05, 0) is 23.8 Å². The van der Waals surface area contributed by atoms with Crippen LogP contribution in [0, 0.1) is 0 Å². The van der Waals surface area contributed by atoms with Gasteiger partial charge in [-0.25, -0.2) is 4.98 Å². The Kier molecular flexibility index (Phi) is 5.17. The van der Waals surface area contributed by atoms with Crippen LogP contribution in [0.2, 0.25) is 0 Å². The predicted molar refractivity (Wildman–Crippen MR) is 76.1 cm³/mol. The minimum absolute atomic E-state index is 0.156. The molecule has 8 heteroatoms. The van der Waals surface area contributed by atoms with Gasteiger partial charge in [0, 0.05) is 18.0 Å². The van der Waals surface area contributed by atoms with Crippen LogP contribution in [-0.4, -0.2) is 28.8 Å². The molecule has 5 nitrogen and oxygen atoms in total. The van der Waals surface area contributed by atoms with Crippen molar-refractivity contribution in [3.8, 4) is 5.88 Å². The second kappa shape index (κ2) is 7.10. The van der Waals surface area contributed by atoms with Gasteiger partial charge >= 0.3 is 6.18 Å². The Labute approximate surface area is 129 Å². The maximum atomic E-state index is 12.0. The average molecular weight is 326 g/mol. The van der Waals surface area contributed by atoms with Gasteiger partial charge in [0.15, 0.2) is 6.61 Å². The number of rotatable bonds is 5. The fourth-order valence-corrected chi connectivity index (χ4v) is 1.71. The van der Waals surface area contributed by atoms with Crippen molar-refractivity contribution in [2.45, 2.75) is 12.8 Å². The molecule has 0 bridgehead atoms. The van der Waals surface area contributed by atoms with Crippen molar-refractivity contribution < 1.29 is 27.8 Å². The lowest BCUT2D eigenvalue weighted by atomic mass is 10.2. The summed E-state index contributed by atoms with van der Waals surface area (Å²) in [5.74, 6) is -0.698. The van der Waals surface area contributed by atoms with Crippen LogP contribution in [0.3, 0.4) is 0 Å². The average Bonchev–Trinajstić information content (AvgIpc) is 2.53. The zero-order valence-electron chi connectivity index (χ0n) is 11.8. The number of hydrogen-bond acceptors (Lipinski definition) is 4. The van der Waals surface area contributed by atoms with E-state index in [-0.39, 0.29) is 18.1 Å². The van der Waals surface area contributed by atoms with Crippen LogP contribution in [-0.2, 0) is 6.61 Å². The number of aromatic nitrogens is 1. The maximum absolute atomic E-state index is 12.0. The molecule has 2 rings (SSSR count). The number of carbonyl (C=O) groups is 1. The van der Waals surface area contributed by atoms with E-state index < -0.39 is 18.7 Å². The van der Waals surface area contributed by atoms with Gasteiger partial charge in [-0.3, -0.25) is 4.79 Å². The standard InChI is InChI=1S/C15H13F3N2O3/c16-15(17,18)9-23-13-5-4-11(7-19-13)14(22)20-12-3-1-2-10(6-12)8-21/h1-7,21H,8-9H2,(H,20,22). The number of nitrogens with one attached hydrogen (secondary N) is 1. The topological polar surface area (TPSA) is 71.5 Å². The Balaban J connectivity index is 1.99. The van der Waals surface area contributed by atoms with E-state index in [0.29, 0.717) is 11.3 Å². The van der Waals surface area contributed by atoms with Crippen molar-refractivity contribution in [1.82, 2.24) is 4.98 Å². The van der Waals surface area contributed by atoms with Crippen molar-refractivity contribution in [3.63, 3.8) is 0 Å². The lowest BCUT2D eigenvalue weighted by Crippen LogP contribution is -2.19. The third-order valence-corrected chi connectivity index (χ3v) is 2.75. The zero-order chi connectivity index (χ0) is 16.9. The molecule has 23 heavy (non-hydrogen) atoms. The molecular weight excluding hydrogens is 313 g/mol. The fraction of sp³-hybridized carbons (Fsp3) is 0.200. The second-order valence-corrected chi connectivity index (χ2v) is 4.60. The lowest BCUT2D eigenvalue weighted by molar-refractivity contribution is -0.154. The number of hydrogen-bond donors (Lipinski definition) is 2. The zero-order valence-corrected chi connectivity index (χ0v) is 11.8. The first-order valence-corrected chi connectivity index (χ1v) is 6.54. The Hall–Kier alpha value is -2.61. The van der Waals surface area contributed by atoms with Gasteiger partial charge in [-0.15, -0.1) is 0 Å². The number of alkyl halides is 3. The Morgan fingerprint density at radius 2 is 2.04 bits per heavy atom. The van der Waals surface area contributed by atoms with Crippen LogP contribution < -0.4 is 10.1 Å². The summed E-state index contributed by atoms with van der Waals surface area (Å²) in [5.41, 5.74) is 1.29. The lowest BCUT2D eigenvalue weighted by Gasteiger charge is -2.09. The largest absolute Gasteiger partial charge is 0.468 e. The summed E-state index contributed by atoms with van der Waals surface area (Å²) in [6, 6.07) is 9.11. The SMILES string of the molecule is O=C(Nc1cccc(CO)c1)c1ccc(OCC(F)(F)F)nc1. The smallest absolute Gasteiger partial charge is 0.422 e. The molecule has 0 fully saturated rings. The normalized spacial score (nSPS) is 11.1. The maximum Gasteiger partial charge on any atom is 0.422 e. The second-order valence-electron chi connectivity index (χ2n) is 4.60. The molecule has 1 amide bonds. The molecule has 0 aliphatic heterocycles. The number of aliphatic hydroxyl groups excluding tert-OH is 1. The van der Waals surface area contributed by atoms with E-state index in [2.05, 4.69) is 15.0 Å². The van der Waals surface area contributed by atoms with Crippen LogP contribution in [0.25, 0.3) is 0 Å². The van der Waals surface area contributed by atoms with Gasteiger partial charge in [-0.2, -0.15) is 13.2 Å². The molecule has 0 atom stereocenters. The number of halogens is 3. The Bertz CT molecular complexity index is 672. The first kappa shape index (κ1) is 16.8. The van der Waals surface area contributed by atoms with Gasteiger partial charge in [0.05, 0.1) is 12.2 Å². The van der Waals surface area contributed by atoms with E-state index in [1.807, 2.05) is 0 Å². The van der Waals surface area contributed by atoms with Gasteiger partial charge in [-0.1, -0.05) is 12.1 Å². The number of pyridine rings is 1. The van der Waals surface area contributed by atoms with E-state index in [1.54, 1.807) is 24.3 Å². The molecule has 0 saturated carbocycles. The highest BCUT2D eigenvalue weighted by Crippen LogP contribution is 2.17. The Morgan fingerprint density at radius 1 is 1.26 bits per heavy atom. The third-order valence-electron chi connectivity index (χ3n) is 2.75. The fourth-order valence-electron chi connectivity index (χ4n) is 1.71. The predicted octanol–water partition coefficient (Wildman–Crippen LogP) is 2.77. The number of benzene rings is 1. The molecule has 122 valence electrons. The summed E-state index contributed by atoms with van der Waals surface area (Å²) in [6.07, 6.45) is -3.33. The summed E-state index contributed by atoms with van der Waals surface area (Å²) >= 11 is 0. The van der Waals surface area contributed by atoms with Crippen LogP contribution >= 0.6 is 0 Å². The summed E-state index contributed by atoms with van der Waals surface area (Å²) in [6.45, 7) is -1.60. The van der Waals surface area contributed by atoms with Gasteiger partial charge < -0.3 is 15.2 Å². The highest BCUT2D eigenvalue weighted by atomic mass is 19.4. The summed E-state index contributed by atoms with van der Waals surface area (Å²) in [4.78, 5) is 15.7. The van der Waals surface area contributed by atoms with Gasteiger partial charge in [0.2, 0.25) is 5.88 Å². The summed E-state index contributed by atoms with van der Waals surface area (Å²) in [7, 11) is 0. The first-order chi connectivity index (χ1) is 10.9. The molecule has 2 aromatic rings. The van der Waals surface area contributed by atoms with Gasteiger partial charge in [0.25, 0.3) is 5.91 Å². The quantitative estimate of drug-likeness (QED) is 0.886. The molecule has 1 aromatic carbocycles. The Morgan fingerprint density at radius 3 is 2.65 bits per heavy atom. The molecule has 0 aliphatic carbocycles. The highest BCUT2D eigenvalue weighted by Gasteiger charge is 2.28. The van der Waals surface area contributed by atoms with E-state index in [4.69, 9.17) is 5.11 Å². The van der Waals surface area contributed by atoms with E-state index in [1.165, 1.54) is 12.1 Å².